The molecule has 0 bridgehead atoms. The van der Waals surface area contributed by atoms with Crippen molar-refractivity contribution >= 4 is 29.2 Å². The smallest absolute Gasteiger partial charge is 0.339 e. The predicted molar refractivity (Wildman–Crippen MR) is 88.0 cm³/mol. The molecule has 0 heterocycles. The van der Waals surface area contributed by atoms with Gasteiger partial charge in [-0.3, -0.25) is 4.79 Å². The van der Waals surface area contributed by atoms with E-state index in [1.165, 1.54) is 7.11 Å². The molecule has 0 saturated heterocycles. The second-order valence-corrected chi connectivity index (χ2v) is 5.18. The van der Waals surface area contributed by atoms with Crippen LogP contribution in [0.2, 0.25) is 5.02 Å². The molecule has 0 fully saturated rings. The number of halogens is 1. The van der Waals surface area contributed by atoms with Gasteiger partial charge in [0, 0.05) is 5.02 Å². The summed E-state index contributed by atoms with van der Waals surface area (Å²) in [6, 6.07) is 13.4. The lowest BCUT2D eigenvalue weighted by atomic mass is 10.1. The first-order valence-electron chi connectivity index (χ1n) is 6.91. The number of benzene rings is 2. The predicted octanol–water partition coefficient (Wildman–Crippen LogP) is 3.53. The fraction of sp³-hybridized carbons (Fsp3) is 0.176. The first-order valence-corrected chi connectivity index (χ1v) is 7.29. The lowest BCUT2D eigenvalue weighted by Crippen LogP contribution is -2.30. The highest BCUT2D eigenvalue weighted by atomic mass is 35.5. The van der Waals surface area contributed by atoms with E-state index in [4.69, 9.17) is 21.1 Å². The van der Waals surface area contributed by atoms with Gasteiger partial charge in [-0.2, -0.15) is 0 Å². The zero-order valence-corrected chi connectivity index (χ0v) is 13.5. The van der Waals surface area contributed by atoms with Gasteiger partial charge in [-0.1, -0.05) is 29.8 Å². The molecular weight excluding hydrogens is 318 g/mol. The summed E-state index contributed by atoms with van der Waals surface area (Å²) < 4.78 is 10.2. The van der Waals surface area contributed by atoms with Gasteiger partial charge < -0.3 is 14.8 Å². The van der Waals surface area contributed by atoms with Crippen LogP contribution in [0, 0.1) is 0 Å². The number of hydrogen-bond donors (Lipinski definition) is 1. The maximum absolute atomic E-state index is 12.2. The molecule has 0 saturated carbocycles. The minimum atomic E-state index is -0.765. The lowest BCUT2D eigenvalue weighted by Gasteiger charge is -2.16. The van der Waals surface area contributed by atoms with E-state index < -0.39 is 12.1 Å². The van der Waals surface area contributed by atoms with Gasteiger partial charge in [0.25, 0.3) is 5.91 Å². The molecule has 2 aromatic rings. The van der Waals surface area contributed by atoms with Crippen molar-refractivity contribution in [1.29, 1.82) is 0 Å². The molecule has 2 rings (SSSR count). The Morgan fingerprint density at radius 1 is 1.13 bits per heavy atom. The van der Waals surface area contributed by atoms with Crippen molar-refractivity contribution in [3.8, 4) is 5.75 Å². The third kappa shape index (κ3) is 4.47. The van der Waals surface area contributed by atoms with Crippen LogP contribution in [0.25, 0.3) is 0 Å². The van der Waals surface area contributed by atoms with Gasteiger partial charge in [0.15, 0.2) is 6.10 Å². The Morgan fingerprint density at radius 2 is 1.87 bits per heavy atom. The molecule has 1 N–H and O–H groups in total. The van der Waals surface area contributed by atoms with Gasteiger partial charge in [-0.25, -0.2) is 4.79 Å². The molecule has 1 atom stereocenters. The zero-order valence-electron chi connectivity index (χ0n) is 12.7. The third-order valence-corrected chi connectivity index (χ3v) is 3.30. The number of rotatable bonds is 5. The number of amides is 1. The SMILES string of the molecule is COC(=O)c1ccccc1NC(=O)[C@@H](C)Oc1cccc(Cl)c1. The summed E-state index contributed by atoms with van der Waals surface area (Å²) in [5.41, 5.74) is 0.643. The van der Waals surface area contributed by atoms with Crippen molar-refractivity contribution in [1.82, 2.24) is 0 Å². The number of carbonyl (C=O) groups is 2. The van der Waals surface area contributed by atoms with E-state index in [0.717, 1.165) is 0 Å². The van der Waals surface area contributed by atoms with E-state index >= 15 is 0 Å². The van der Waals surface area contributed by atoms with Crippen LogP contribution in [0.1, 0.15) is 17.3 Å². The molecule has 6 heteroatoms. The molecule has 0 aliphatic rings. The average Bonchev–Trinajstić information content (AvgIpc) is 2.54. The molecule has 1 amide bonds. The van der Waals surface area contributed by atoms with E-state index in [1.54, 1.807) is 55.5 Å². The number of esters is 1. The molecule has 0 aromatic heterocycles. The monoisotopic (exact) mass is 333 g/mol. The highest BCUT2D eigenvalue weighted by Gasteiger charge is 2.18. The van der Waals surface area contributed by atoms with E-state index in [0.29, 0.717) is 16.5 Å². The number of carbonyl (C=O) groups excluding carboxylic acids is 2. The molecule has 120 valence electrons. The topological polar surface area (TPSA) is 64.6 Å². The normalized spacial score (nSPS) is 11.4. The fourth-order valence-electron chi connectivity index (χ4n) is 1.91. The van der Waals surface area contributed by atoms with Gasteiger partial charge in [0.2, 0.25) is 0 Å². The second-order valence-electron chi connectivity index (χ2n) is 4.74. The van der Waals surface area contributed by atoms with Gasteiger partial charge >= 0.3 is 5.97 Å². The zero-order chi connectivity index (χ0) is 16.8. The minimum absolute atomic E-state index is 0.276. The quantitative estimate of drug-likeness (QED) is 0.850. The fourth-order valence-corrected chi connectivity index (χ4v) is 2.09. The maximum atomic E-state index is 12.2. The second kappa shape index (κ2) is 7.65. The molecule has 0 radical (unpaired) electrons. The van der Waals surface area contributed by atoms with Gasteiger partial charge in [-0.15, -0.1) is 0 Å². The number of methoxy groups -OCH3 is 1. The lowest BCUT2D eigenvalue weighted by molar-refractivity contribution is -0.122. The third-order valence-electron chi connectivity index (χ3n) is 3.07. The Morgan fingerprint density at radius 3 is 2.57 bits per heavy atom. The van der Waals surface area contributed by atoms with Crippen LogP contribution in [-0.2, 0) is 9.53 Å². The Kier molecular flexibility index (Phi) is 5.60. The van der Waals surface area contributed by atoms with E-state index in [1.807, 2.05) is 0 Å². The maximum Gasteiger partial charge on any atom is 0.339 e. The number of anilines is 1. The van der Waals surface area contributed by atoms with Crippen LogP contribution in [-0.4, -0.2) is 25.1 Å². The van der Waals surface area contributed by atoms with E-state index in [-0.39, 0.29) is 11.5 Å². The minimum Gasteiger partial charge on any atom is -0.481 e. The summed E-state index contributed by atoms with van der Waals surface area (Å²) in [5.74, 6) is -0.424. The Bertz CT molecular complexity index is 717. The van der Waals surface area contributed by atoms with E-state index in [9.17, 15) is 9.59 Å². The standard InChI is InChI=1S/C17H16ClNO4/c1-11(23-13-7-5-6-12(18)10-13)16(20)19-15-9-4-3-8-14(15)17(21)22-2/h3-11H,1-2H3,(H,19,20)/t11-/m1/s1. The van der Waals surface area contributed by atoms with Crippen LogP contribution in [0.4, 0.5) is 5.69 Å². The van der Waals surface area contributed by atoms with Gasteiger partial charge in [0.1, 0.15) is 5.75 Å². The molecule has 23 heavy (non-hydrogen) atoms. The summed E-state index contributed by atoms with van der Waals surface area (Å²) in [6.45, 7) is 1.61. The summed E-state index contributed by atoms with van der Waals surface area (Å²) in [5, 5.41) is 3.18. The van der Waals surface area contributed by atoms with Crippen LogP contribution in [0.15, 0.2) is 48.5 Å². The summed E-state index contributed by atoms with van der Waals surface area (Å²) >= 11 is 5.88. The number of hydrogen-bond acceptors (Lipinski definition) is 4. The molecule has 0 unspecified atom stereocenters. The van der Waals surface area contributed by atoms with Crippen molar-refractivity contribution in [2.45, 2.75) is 13.0 Å². The van der Waals surface area contributed by atoms with Crippen molar-refractivity contribution < 1.29 is 19.1 Å². The molecular formula is C17H16ClNO4. The first kappa shape index (κ1) is 16.8. The molecule has 0 aliphatic heterocycles. The van der Waals surface area contributed by atoms with Crippen LogP contribution < -0.4 is 10.1 Å². The highest BCUT2D eigenvalue weighted by Crippen LogP contribution is 2.20. The summed E-state index contributed by atoms with van der Waals surface area (Å²) in [4.78, 5) is 23.9. The van der Waals surface area contributed by atoms with Crippen molar-refractivity contribution in [2.24, 2.45) is 0 Å². The molecule has 5 nitrogen and oxygen atoms in total. The van der Waals surface area contributed by atoms with Crippen molar-refractivity contribution in [3.05, 3.63) is 59.1 Å². The average molecular weight is 334 g/mol. The number of ether oxygens (including phenoxy) is 2. The largest absolute Gasteiger partial charge is 0.481 e. The van der Waals surface area contributed by atoms with Crippen LogP contribution in [0.5, 0.6) is 5.75 Å². The van der Waals surface area contributed by atoms with Gasteiger partial charge in [0.05, 0.1) is 18.4 Å². The molecule has 0 spiro atoms. The van der Waals surface area contributed by atoms with Crippen molar-refractivity contribution in [2.75, 3.05) is 12.4 Å². The van der Waals surface area contributed by atoms with Crippen molar-refractivity contribution in [3.63, 3.8) is 0 Å². The molecule has 2 aromatic carbocycles. The molecule has 0 aliphatic carbocycles. The Balaban J connectivity index is 2.08. The Hall–Kier alpha value is -2.53. The number of para-hydroxylation sites is 1. The number of nitrogens with one attached hydrogen (secondary N) is 1. The van der Waals surface area contributed by atoms with Gasteiger partial charge in [-0.05, 0) is 37.3 Å². The van der Waals surface area contributed by atoms with E-state index in [2.05, 4.69) is 5.32 Å². The Labute approximate surface area is 139 Å². The summed E-state index contributed by atoms with van der Waals surface area (Å²) in [7, 11) is 1.28. The summed E-state index contributed by atoms with van der Waals surface area (Å²) in [6.07, 6.45) is -0.765. The first-order chi connectivity index (χ1) is 11.0. The van der Waals surface area contributed by atoms with Crippen LogP contribution >= 0.6 is 11.6 Å². The van der Waals surface area contributed by atoms with Crippen LogP contribution in [0.3, 0.4) is 0 Å². The highest BCUT2D eigenvalue weighted by molar-refractivity contribution is 6.30.